The summed E-state index contributed by atoms with van der Waals surface area (Å²) < 4.78 is 5.69. The SMILES string of the molecule is CC(C)(N)COc1cccc(-c2ccncc2)c1. The number of hydrogen-bond acceptors (Lipinski definition) is 3. The molecule has 0 aliphatic carbocycles. The molecule has 0 atom stereocenters. The Bertz CT molecular complexity index is 503. The fourth-order valence-electron chi connectivity index (χ4n) is 1.58. The van der Waals surface area contributed by atoms with E-state index in [2.05, 4.69) is 11.1 Å². The molecule has 0 unspecified atom stereocenters. The van der Waals surface area contributed by atoms with Gasteiger partial charge in [0.25, 0.3) is 0 Å². The Balaban J connectivity index is 2.16. The van der Waals surface area contributed by atoms with Crippen molar-refractivity contribution in [1.29, 1.82) is 0 Å². The number of nitrogens with zero attached hydrogens (tertiary/aromatic N) is 1. The van der Waals surface area contributed by atoms with Gasteiger partial charge in [-0.25, -0.2) is 0 Å². The predicted octanol–water partition coefficient (Wildman–Crippen LogP) is 2.86. The van der Waals surface area contributed by atoms with Gasteiger partial charge in [-0.2, -0.15) is 0 Å². The third-order valence-electron chi connectivity index (χ3n) is 2.46. The molecule has 0 spiro atoms. The average Bonchev–Trinajstić information content (AvgIpc) is 2.37. The molecule has 2 rings (SSSR count). The van der Waals surface area contributed by atoms with E-state index in [1.165, 1.54) is 0 Å². The number of ether oxygens (including phenoxy) is 1. The molecular formula is C15H18N2O. The van der Waals surface area contributed by atoms with Crippen molar-refractivity contribution in [1.82, 2.24) is 4.98 Å². The Morgan fingerprint density at radius 1 is 1.11 bits per heavy atom. The minimum absolute atomic E-state index is 0.327. The quantitative estimate of drug-likeness (QED) is 0.896. The van der Waals surface area contributed by atoms with Gasteiger partial charge in [-0.3, -0.25) is 4.98 Å². The maximum absolute atomic E-state index is 5.90. The fraction of sp³-hybridized carbons (Fsp3) is 0.267. The Labute approximate surface area is 108 Å². The topological polar surface area (TPSA) is 48.1 Å². The largest absolute Gasteiger partial charge is 0.492 e. The molecule has 1 aromatic carbocycles. The van der Waals surface area contributed by atoms with Crippen molar-refractivity contribution in [3.05, 3.63) is 48.8 Å². The van der Waals surface area contributed by atoms with Crippen molar-refractivity contribution in [3.63, 3.8) is 0 Å². The lowest BCUT2D eigenvalue weighted by Crippen LogP contribution is -2.38. The molecule has 0 amide bonds. The zero-order chi connectivity index (χ0) is 13.0. The summed E-state index contributed by atoms with van der Waals surface area (Å²) in [6.07, 6.45) is 3.57. The molecule has 2 N–H and O–H groups in total. The van der Waals surface area contributed by atoms with Gasteiger partial charge in [-0.05, 0) is 49.2 Å². The molecule has 0 aliphatic heterocycles. The second-order valence-electron chi connectivity index (χ2n) is 5.04. The van der Waals surface area contributed by atoms with Crippen LogP contribution < -0.4 is 10.5 Å². The predicted molar refractivity (Wildman–Crippen MR) is 73.4 cm³/mol. The molecule has 1 heterocycles. The summed E-state index contributed by atoms with van der Waals surface area (Å²) in [6, 6.07) is 11.9. The number of benzene rings is 1. The van der Waals surface area contributed by atoms with E-state index in [0.29, 0.717) is 6.61 Å². The molecule has 1 aromatic heterocycles. The molecule has 2 aromatic rings. The minimum Gasteiger partial charge on any atom is -0.492 e. The van der Waals surface area contributed by atoms with E-state index in [-0.39, 0.29) is 5.54 Å². The van der Waals surface area contributed by atoms with Crippen molar-refractivity contribution >= 4 is 0 Å². The third-order valence-corrected chi connectivity index (χ3v) is 2.46. The highest BCUT2D eigenvalue weighted by atomic mass is 16.5. The van der Waals surface area contributed by atoms with Gasteiger partial charge in [0.15, 0.2) is 0 Å². The summed E-state index contributed by atoms with van der Waals surface area (Å²) in [5.74, 6) is 0.836. The van der Waals surface area contributed by atoms with Gasteiger partial charge in [0.2, 0.25) is 0 Å². The van der Waals surface area contributed by atoms with Crippen LogP contribution in [-0.4, -0.2) is 17.1 Å². The van der Waals surface area contributed by atoms with Crippen LogP contribution in [0.15, 0.2) is 48.8 Å². The molecule has 0 fully saturated rings. The van der Waals surface area contributed by atoms with Crippen LogP contribution in [0.25, 0.3) is 11.1 Å². The molecule has 0 bridgehead atoms. The van der Waals surface area contributed by atoms with E-state index >= 15 is 0 Å². The molecule has 0 saturated heterocycles. The van der Waals surface area contributed by atoms with Crippen LogP contribution in [0.2, 0.25) is 0 Å². The average molecular weight is 242 g/mol. The number of nitrogens with two attached hydrogens (primary N) is 1. The van der Waals surface area contributed by atoms with E-state index in [1.807, 2.05) is 44.2 Å². The number of aromatic nitrogens is 1. The van der Waals surface area contributed by atoms with E-state index in [4.69, 9.17) is 10.5 Å². The summed E-state index contributed by atoms with van der Waals surface area (Å²) >= 11 is 0. The maximum atomic E-state index is 5.90. The summed E-state index contributed by atoms with van der Waals surface area (Å²) in [6.45, 7) is 4.38. The monoisotopic (exact) mass is 242 g/mol. The second kappa shape index (κ2) is 5.19. The molecular weight excluding hydrogens is 224 g/mol. The lowest BCUT2D eigenvalue weighted by atomic mass is 10.1. The summed E-state index contributed by atoms with van der Waals surface area (Å²) in [7, 11) is 0. The number of hydrogen-bond donors (Lipinski definition) is 1. The zero-order valence-corrected chi connectivity index (χ0v) is 10.8. The maximum Gasteiger partial charge on any atom is 0.120 e. The fourth-order valence-corrected chi connectivity index (χ4v) is 1.58. The lowest BCUT2D eigenvalue weighted by Gasteiger charge is -2.19. The highest BCUT2D eigenvalue weighted by Gasteiger charge is 2.11. The standard InChI is InChI=1S/C15H18N2O/c1-15(2,16)11-18-14-5-3-4-13(10-14)12-6-8-17-9-7-12/h3-10H,11,16H2,1-2H3. The highest BCUT2D eigenvalue weighted by molar-refractivity contribution is 5.64. The van der Waals surface area contributed by atoms with E-state index < -0.39 is 0 Å². The van der Waals surface area contributed by atoms with Crippen molar-refractivity contribution in [2.24, 2.45) is 5.73 Å². The molecule has 0 saturated carbocycles. The summed E-state index contributed by atoms with van der Waals surface area (Å²) in [5.41, 5.74) is 7.82. The van der Waals surface area contributed by atoms with Gasteiger partial charge in [0.05, 0.1) is 0 Å². The smallest absolute Gasteiger partial charge is 0.120 e. The van der Waals surface area contributed by atoms with Gasteiger partial charge in [0.1, 0.15) is 12.4 Å². The van der Waals surface area contributed by atoms with Gasteiger partial charge >= 0.3 is 0 Å². The van der Waals surface area contributed by atoms with Crippen LogP contribution in [0.3, 0.4) is 0 Å². The molecule has 0 radical (unpaired) electrons. The first-order chi connectivity index (χ1) is 8.54. The molecule has 94 valence electrons. The minimum atomic E-state index is -0.327. The molecule has 3 heteroatoms. The van der Waals surface area contributed by atoms with Crippen LogP contribution in [0.1, 0.15) is 13.8 Å². The normalized spacial score (nSPS) is 11.3. The Hall–Kier alpha value is -1.87. The number of pyridine rings is 1. The molecule has 0 aliphatic rings. The zero-order valence-electron chi connectivity index (χ0n) is 10.8. The van der Waals surface area contributed by atoms with Crippen LogP contribution in [0, 0.1) is 0 Å². The summed E-state index contributed by atoms with van der Waals surface area (Å²) in [5, 5.41) is 0. The molecule has 3 nitrogen and oxygen atoms in total. The van der Waals surface area contributed by atoms with Gasteiger partial charge < -0.3 is 10.5 Å². The van der Waals surface area contributed by atoms with Crippen LogP contribution in [0.5, 0.6) is 5.75 Å². The van der Waals surface area contributed by atoms with Crippen LogP contribution in [-0.2, 0) is 0 Å². The lowest BCUT2D eigenvalue weighted by molar-refractivity contribution is 0.243. The van der Waals surface area contributed by atoms with E-state index in [0.717, 1.165) is 16.9 Å². The van der Waals surface area contributed by atoms with Crippen molar-refractivity contribution < 1.29 is 4.74 Å². The first-order valence-electron chi connectivity index (χ1n) is 5.97. The van der Waals surface area contributed by atoms with E-state index in [9.17, 15) is 0 Å². The van der Waals surface area contributed by atoms with Crippen molar-refractivity contribution in [2.45, 2.75) is 19.4 Å². The third kappa shape index (κ3) is 3.57. The van der Waals surface area contributed by atoms with Gasteiger partial charge in [-0.15, -0.1) is 0 Å². The van der Waals surface area contributed by atoms with Gasteiger partial charge in [-0.1, -0.05) is 12.1 Å². The molecule has 18 heavy (non-hydrogen) atoms. The number of rotatable bonds is 4. The van der Waals surface area contributed by atoms with Crippen molar-refractivity contribution in [3.8, 4) is 16.9 Å². The first-order valence-corrected chi connectivity index (χ1v) is 5.97. The second-order valence-corrected chi connectivity index (χ2v) is 5.04. The Morgan fingerprint density at radius 3 is 2.50 bits per heavy atom. The van der Waals surface area contributed by atoms with Crippen LogP contribution in [0.4, 0.5) is 0 Å². The van der Waals surface area contributed by atoms with Crippen molar-refractivity contribution in [2.75, 3.05) is 6.61 Å². The Morgan fingerprint density at radius 2 is 1.83 bits per heavy atom. The first kappa shape index (κ1) is 12.6. The van der Waals surface area contributed by atoms with Gasteiger partial charge in [0, 0.05) is 17.9 Å². The summed E-state index contributed by atoms with van der Waals surface area (Å²) in [4.78, 5) is 4.01. The van der Waals surface area contributed by atoms with E-state index in [1.54, 1.807) is 12.4 Å². The highest BCUT2D eigenvalue weighted by Crippen LogP contribution is 2.23. The Kier molecular flexibility index (Phi) is 3.63. The van der Waals surface area contributed by atoms with Crippen LogP contribution >= 0.6 is 0 Å².